The number of nitrogens with one attached hydrogen (secondary N) is 1. The first-order valence-electron chi connectivity index (χ1n) is 6.92. The van der Waals surface area contributed by atoms with Gasteiger partial charge in [0.1, 0.15) is 0 Å². The van der Waals surface area contributed by atoms with Crippen molar-refractivity contribution in [3.05, 3.63) is 69.2 Å². The van der Waals surface area contributed by atoms with Crippen LogP contribution in [0.1, 0.15) is 29.7 Å². The fourth-order valence-corrected chi connectivity index (χ4v) is 3.45. The van der Waals surface area contributed by atoms with E-state index in [9.17, 15) is 0 Å². The molecule has 104 valence electrons. The molecule has 1 unspecified atom stereocenters. The summed E-state index contributed by atoms with van der Waals surface area (Å²) in [7, 11) is 0. The van der Waals surface area contributed by atoms with Crippen LogP contribution in [0.15, 0.2) is 42.5 Å². The second-order valence-corrected chi connectivity index (χ2v) is 6.19. The standard InChI is InChI=1S/C17H17Cl2N/c1-11(15-7-4-8-16(18)17(15)19)20-14-9-12-5-2-3-6-13(12)10-14/h2-8,11,14,20H,9-10H2,1H3. The van der Waals surface area contributed by atoms with Gasteiger partial charge in [0.25, 0.3) is 0 Å². The van der Waals surface area contributed by atoms with Crippen LogP contribution >= 0.6 is 23.2 Å². The zero-order valence-electron chi connectivity index (χ0n) is 11.4. The third kappa shape index (κ3) is 2.71. The Morgan fingerprint density at radius 3 is 2.30 bits per heavy atom. The zero-order chi connectivity index (χ0) is 14.1. The number of halogens is 2. The molecule has 0 aliphatic heterocycles. The molecule has 1 N–H and O–H groups in total. The summed E-state index contributed by atoms with van der Waals surface area (Å²) in [6.45, 7) is 2.14. The molecule has 0 saturated carbocycles. The van der Waals surface area contributed by atoms with Gasteiger partial charge in [-0.1, -0.05) is 59.6 Å². The van der Waals surface area contributed by atoms with Crippen molar-refractivity contribution in [3.63, 3.8) is 0 Å². The predicted octanol–water partition coefficient (Wildman–Crippen LogP) is 4.81. The Balaban J connectivity index is 1.72. The van der Waals surface area contributed by atoms with Crippen molar-refractivity contribution in [2.75, 3.05) is 0 Å². The fourth-order valence-electron chi connectivity index (χ4n) is 2.97. The first kappa shape index (κ1) is 13.9. The van der Waals surface area contributed by atoms with E-state index >= 15 is 0 Å². The van der Waals surface area contributed by atoms with Gasteiger partial charge in [-0.2, -0.15) is 0 Å². The van der Waals surface area contributed by atoms with Crippen molar-refractivity contribution in [1.82, 2.24) is 5.32 Å². The molecule has 0 radical (unpaired) electrons. The monoisotopic (exact) mass is 305 g/mol. The first-order chi connectivity index (χ1) is 9.65. The van der Waals surface area contributed by atoms with E-state index in [4.69, 9.17) is 23.2 Å². The van der Waals surface area contributed by atoms with Crippen LogP contribution in [0.5, 0.6) is 0 Å². The maximum absolute atomic E-state index is 6.29. The van der Waals surface area contributed by atoms with E-state index in [1.165, 1.54) is 11.1 Å². The number of hydrogen-bond donors (Lipinski definition) is 1. The van der Waals surface area contributed by atoms with Crippen LogP contribution in [0.2, 0.25) is 10.0 Å². The lowest BCUT2D eigenvalue weighted by Crippen LogP contribution is -2.32. The van der Waals surface area contributed by atoms with Crippen molar-refractivity contribution >= 4 is 23.2 Å². The van der Waals surface area contributed by atoms with E-state index in [1.807, 2.05) is 18.2 Å². The van der Waals surface area contributed by atoms with Gasteiger partial charge >= 0.3 is 0 Å². The smallest absolute Gasteiger partial charge is 0.0639 e. The van der Waals surface area contributed by atoms with Gasteiger partial charge < -0.3 is 5.32 Å². The second-order valence-electron chi connectivity index (χ2n) is 5.41. The van der Waals surface area contributed by atoms with Crippen molar-refractivity contribution in [2.45, 2.75) is 31.8 Å². The summed E-state index contributed by atoms with van der Waals surface area (Å²) in [6, 6.07) is 15.1. The van der Waals surface area contributed by atoms with Crippen LogP contribution in [-0.2, 0) is 12.8 Å². The van der Waals surface area contributed by atoms with Crippen LogP contribution in [0.4, 0.5) is 0 Å². The third-order valence-electron chi connectivity index (χ3n) is 3.98. The molecule has 20 heavy (non-hydrogen) atoms. The van der Waals surface area contributed by atoms with Gasteiger partial charge in [-0.3, -0.25) is 0 Å². The lowest BCUT2D eigenvalue weighted by molar-refractivity contribution is 0.467. The highest BCUT2D eigenvalue weighted by molar-refractivity contribution is 6.42. The Morgan fingerprint density at radius 1 is 1.00 bits per heavy atom. The van der Waals surface area contributed by atoms with Gasteiger partial charge in [-0.25, -0.2) is 0 Å². The van der Waals surface area contributed by atoms with E-state index < -0.39 is 0 Å². The van der Waals surface area contributed by atoms with Gasteiger partial charge in [-0.15, -0.1) is 0 Å². The fraction of sp³-hybridized carbons (Fsp3) is 0.294. The molecule has 3 rings (SSSR count). The molecule has 2 aromatic carbocycles. The SMILES string of the molecule is CC(NC1Cc2ccccc2C1)c1cccc(Cl)c1Cl. The van der Waals surface area contributed by atoms with Crippen molar-refractivity contribution in [1.29, 1.82) is 0 Å². The molecule has 0 amide bonds. The number of fused-ring (bicyclic) bond motifs is 1. The normalized spacial score (nSPS) is 16.1. The van der Waals surface area contributed by atoms with Crippen LogP contribution in [0, 0.1) is 0 Å². The average molecular weight is 306 g/mol. The molecule has 0 bridgehead atoms. The third-order valence-corrected chi connectivity index (χ3v) is 4.82. The molecule has 0 heterocycles. The Morgan fingerprint density at radius 2 is 1.65 bits per heavy atom. The summed E-state index contributed by atoms with van der Waals surface area (Å²) in [5.74, 6) is 0. The Kier molecular flexibility index (Phi) is 4.02. The topological polar surface area (TPSA) is 12.0 Å². The summed E-state index contributed by atoms with van der Waals surface area (Å²) < 4.78 is 0. The molecule has 0 fully saturated rings. The van der Waals surface area contributed by atoms with Crippen LogP contribution in [0.25, 0.3) is 0 Å². The summed E-state index contributed by atoms with van der Waals surface area (Å²) in [4.78, 5) is 0. The lowest BCUT2D eigenvalue weighted by atomic mass is 10.1. The summed E-state index contributed by atoms with van der Waals surface area (Å²) in [5.41, 5.74) is 3.97. The molecular formula is C17H17Cl2N. The quantitative estimate of drug-likeness (QED) is 0.858. The molecule has 3 heteroatoms. The minimum absolute atomic E-state index is 0.195. The maximum Gasteiger partial charge on any atom is 0.0639 e. The summed E-state index contributed by atoms with van der Waals surface area (Å²) in [5, 5.41) is 4.94. The maximum atomic E-state index is 6.29. The number of hydrogen-bond acceptors (Lipinski definition) is 1. The minimum Gasteiger partial charge on any atom is -0.307 e. The van der Waals surface area contributed by atoms with Gasteiger partial charge in [0, 0.05) is 12.1 Å². The highest BCUT2D eigenvalue weighted by Gasteiger charge is 2.23. The zero-order valence-corrected chi connectivity index (χ0v) is 12.9. The largest absolute Gasteiger partial charge is 0.307 e. The molecule has 1 atom stereocenters. The van der Waals surface area contributed by atoms with E-state index in [0.717, 1.165) is 18.4 Å². The molecule has 0 aromatic heterocycles. The van der Waals surface area contributed by atoms with Crippen molar-refractivity contribution < 1.29 is 0 Å². The average Bonchev–Trinajstić information content (AvgIpc) is 2.83. The highest BCUT2D eigenvalue weighted by Crippen LogP contribution is 2.31. The molecule has 0 saturated heterocycles. The van der Waals surface area contributed by atoms with Crippen LogP contribution < -0.4 is 5.32 Å². The lowest BCUT2D eigenvalue weighted by Gasteiger charge is -2.21. The molecule has 1 nitrogen and oxygen atoms in total. The highest BCUT2D eigenvalue weighted by atomic mass is 35.5. The van der Waals surface area contributed by atoms with Gasteiger partial charge in [0.15, 0.2) is 0 Å². The van der Waals surface area contributed by atoms with Gasteiger partial charge in [0.2, 0.25) is 0 Å². The van der Waals surface area contributed by atoms with E-state index in [-0.39, 0.29) is 6.04 Å². The van der Waals surface area contributed by atoms with Gasteiger partial charge in [-0.05, 0) is 42.5 Å². The van der Waals surface area contributed by atoms with Gasteiger partial charge in [0.05, 0.1) is 10.0 Å². The van der Waals surface area contributed by atoms with Crippen molar-refractivity contribution in [2.24, 2.45) is 0 Å². The second kappa shape index (κ2) is 5.77. The van der Waals surface area contributed by atoms with Crippen LogP contribution in [0.3, 0.4) is 0 Å². The van der Waals surface area contributed by atoms with Crippen LogP contribution in [-0.4, -0.2) is 6.04 Å². The predicted molar refractivity (Wildman–Crippen MR) is 85.7 cm³/mol. The van der Waals surface area contributed by atoms with Crippen molar-refractivity contribution in [3.8, 4) is 0 Å². The molecule has 2 aromatic rings. The number of rotatable bonds is 3. The molecular weight excluding hydrogens is 289 g/mol. The Bertz CT molecular complexity index is 599. The van der Waals surface area contributed by atoms with E-state index in [1.54, 1.807) is 0 Å². The summed E-state index contributed by atoms with van der Waals surface area (Å²) >= 11 is 12.4. The summed E-state index contributed by atoms with van der Waals surface area (Å²) in [6.07, 6.45) is 2.16. The Labute approximate surface area is 129 Å². The molecule has 1 aliphatic carbocycles. The number of benzene rings is 2. The minimum atomic E-state index is 0.195. The molecule has 0 spiro atoms. The van der Waals surface area contributed by atoms with E-state index in [2.05, 4.69) is 36.5 Å². The molecule has 1 aliphatic rings. The first-order valence-corrected chi connectivity index (χ1v) is 7.67. The van der Waals surface area contributed by atoms with E-state index in [0.29, 0.717) is 16.1 Å². The Hall–Kier alpha value is -1.02.